The van der Waals surface area contributed by atoms with Gasteiger partial charge in [0.1, 0.15) is 23.7 Å². The molecule has 2 aromatic heterocycles. The molecule has 2 N–H and O–H groups in total. The molecule has 0 aliphatic rings. The Morgan fingerprint density at radius 1 is 1.27 bits per heavy atom. The topological polar surface area (TPSA) is 91.5 Å². The summed E-state index contributed by atoms with van der Waals surface area (Å²) in [5, 5.41) is 18.3. The predicted octanol–water partition coefficient (Wildman–Crippen LogP) is 3.29. The highest BCUT2D eigenvalue weighted by molar-refractivity contribution is 5.92. The van der Waals surface area contributed by atoms with Gasteiger partial charge in [-0.3, -0.25) is 4.68 Å². The molecule has 0 fully saturated rings. The Bertz CT molecular complexity index is 1000. The van der Waals surface area contributed by atoms with Gasteiger partial charge in [0.2, 0.25) is 5.95 Å². The Morgan fingerprint density at radius 3 is 2.69 bits per heavy atom. The van der Waals surface area contributed by atoms with E-state index in [9.17, 15) is 17.6 Å². The van der Waals surface area contributed by atoms with E-state index < -0.39 is 23.4 Å². The number of nitriles is 1. The Kier molecular flexibility index (Phi) is 4.33. The lowest BCUT2D eigenvalue weighted by molar-refractivity contribution is -0.137. The molecule has 0 saturated heterocycles. The summed E-state index contributed by atoms with van der Waals surface area (Å²) in [6.45, 7) is -0.0763. The Morgan fingerprint density at radius 2 is 2.04 bits per heavy atom. The lowest BCUT2D eigenvalue weighted by atomic mass is 10.2. The molecule has 0 aliphatic heterocycles. The van der Waals surface area contributed by atoms with Gasteiger partial charge in [0, 0.05) is 18.6 Å². The number of hydrogen-bond acceptors (Lipinski definition) is 6. The molecule has 0 spiro atoms. The lowest BCUT2D eigenvalue weighted by Crippen LogP contribution is -2.12. The summed E-state index contributed by atoms with van der Waals surface area (Å²) in [4.78, 5) is 7.42. The van der Waals surface area contributed by atoms with Crippen LogP contribution in [0.25, 0.3) is 10.9 Å². The Labute approximate surface area is 144 Å². The minimum Gasteiger partial charge on any atom is -0.372 e. The fourth-order valence-electron chi connectivity index (χ4n) is 2.40. The molecule has 0 atom stereocenters. The van der Waals surface area contributed by atoms with Crippen molar-refractivity contribution in [3.63, 3.8) is 0 Å². The highest BCUT2D eigenvalue weighted by atomic mass is 19.4. The van der Waals surface area contributed by atoms with Crippen LogP contribution >= 0.6 is 0 Å². The van der Waals surface area contributed by atoms with Gasteiger partial charge in [-0.15, -0.1) is 0 Å². The first-order valence-electron chi connectivity index (χ1n) is 7.24. The van der Waals surface area contributed by atoms with Crippen LogP contribution in [0.5, 0.6) is 0 Å². The largest absolute Gasteiger partial charge is 0.421 e. The van der Waals surface area contributed by atoms with Gasteiger partial charge in [0.15, 0.2) is 0 Å². The van der Waals surface area contributed by atoms with Crippen molar-refractivity contribution in [2.45, 2.75) is 12.7 Å². The van der Waals surface area contributed by atoms with Crippen molar-refractivity contribution >= 4 is 28.4 Å². The maximum atomic E-state index is 13.9. The molecule has 0 radical (unpaired) electrons. The second kappa shape index (κ2) is 6.47. The molecule has 26 heavy (non-hydrogen) atoms. The number of rotatable bonds is 4. The third kappa shape index (κ3) is 3.21. The standard InChI is InChI=1S/C15H11F4N7/c1-21-13-10(15(17,18)19)7-22-14(25-13)24-11-4-8(16)5-12-9(11)6-23-26(12)3-2-20/h4-7H,3H2,1H3,(H2,21,22,24,25). The number of nitrogens with zero attached hydrogens (tertiary/aromatic N) is 5. The van der Waals surface area contributed by atoms with E-state index >= 15 is 0 Å². The van der Waals surface area contributed by atoms with Gasteiger partial charge in [-0.05, 0) is 12.1 Å². The molecular weight excluding hydrogens is 354 g/mol. The minimum atomic E-state index is -4.61. The molecular formula is C15H11F4N7. The first-order valence-corrected chi connectivity index (χ1v) is 7.24. The van der Waals surface area contributed by atoms with Crippen molar-refractivity contribution in [1.82, 2.24) is 19.7 Å². The summed E-state index contributed by atoms with van der Waals surface area (Å²) in [7, 11) is 1.30. The summed E-state index contributed by atoms with van der Waals surface area (Å²) in [6, 6.07) is 4.25. The van der Waals surface area contributed by atoms with Gasteiger partial charge < -0.3 is 10.6 Å². The summed E-state index contributed by atoms with van der Waals surface area (Å²) in [5.41, 5.74) is -0.447. The highest BCUT2D eigenvalue weighted by Crippen LogP contribution is 2.34. The van der Waals surface area contributed by atoms with Crippen molar-refractivity contribution < 1.29 is 17.6 Å². The van der Waals surface area contributed by atoms with Gasteiger partial charge in [-0.1, -0.05) is 0 Å². The summed E-state index contributed by atoms with van der Waals surface area (Å²) in [6.07, 6.45) is -2.56. The molecule has 0 aliphatic carbocycles. The smallest absolute Gasteiger partial charge is 0.372 e. The number of hydrogen-bond donors (Lipinski definition) is 2. The van der Waals surface area contributed by atoms with Gasteiger partial charge in [-0.25, -0.2) is 9.37 Å². The van der Waals surface area contributed by atoms with E-state index in [0.717, 1.165) is 6.07 Å². The predicted molar refractivity (Wildman–Crippen MR) is 85.2 cm³/mol. The summed E-state index contributed by atoms with van der Waals surface area (Å²) < 4.78 is 53.9. The average molecular weight is 365 g/mol. The van der Waals surface area contributed by atoms with Crippen molar-refractivity contribution in [3.8, 4) is 6.07 Å². The van der Waals surface area contributed by atoms with Crippen molar-refractivity contribution in [1.29, 1.82) is 5.26 Å². The average Bonchev–Trinajstić information content (AvgIpc) is 2.97. The molecule has 0 amide bonds. The number of benzene rings is 1. The first kappa shape index (κ1) is 17.4. The number of alkyl halides is 3. The molecule has 11 heteroatoms. The lowest BCUT2D eigenvalue weighted by Gasteiger charge is -2.13. The molecule has 1 aromatic carbocycles. The van der Waals surface area contributed by atoms with Crippen LogP contribution in [0, 0.1) is 17.1 Å². The second-order valence-electron chi connectivity index (χ2n) is 5.18. The van der Waals surface area contributed by atoms with Crippen LogP contribution in [0.2, 0.25) is 0 Å². The van der Waals surface area contributed by atoms with E-state index in [1.165, 1.54) is 24.0 Å². The first-order chi connectivity index (χ1) is 12.3. The fourth-order valence-corrected chi connectivity index (χ4v) is 2.40. The van der Waals surface area contributed by atoms with Crippen LogP contribution in [-0.4, -0.2) is 26.8 Å². The maximum absolute atomic E-state index is 13.9. The summed E-state index contributed by atoms with van der Waals surface area (Å²) >= 11 is 0. The van der Waals surface area contributed by atoms with E-state index in [0.29, 0.717) is 17.1 Å². The molecule has 7 nitrogen and oxygen atoms in total. The van der Waals surface area contributed by atoms with Crippen LogP contribution in [-0.2, 0) is 12.7 Å². The summed E-state index contributed by atoms with van der Waals surface area (Å²) in [5.74, 6) is -1.18. The fraction of sp³-hybridized carbons (Fsp3) is 0.200. The quantitative estimate of drug-likeness (QED) is 0.690. The molecule has 0 saturated carbocycles. The van der Waals surface area contributed by atoms with Gasteiger partial charge >= 0.3 is 6.18 Å². The van der Waals surface area contributed by atoms with E-state index in [-0.39, 0.29) is 18.2 Å². The Hall–Kier alpha value is -3.42. The third-order valence-corrected chi connectivity index (χ3v) is 3.53. The maximum Gasteiger partial charge on any atom is 0.421 e. The van der Waals surface area contributed by atoms with Crippen LogP contribution in [0.15, 0.2) is 24.5 Å². The zero-order valence-corrected chi connectivity index (χ0v) is 13.3. The van der Waals surface area contributed by atoms with Crippen LogP contribution in [0.4, 0.5) is 35.0 Å². The van der Waals surface area contributed by atoms with Crippen LogP contribution < -0.4 is 10.6 Å². The van der Waals surface area contributed by atoms with E-state index in [4.69, 9.17) is 5.26 Å². The monoisotopic (exact) mass is 365 g/mol. The minimum absolute atomic E-state index is 0.0763. The molecule has 0 unspecified atom stereocenters. The normalized spacial score (nSPS) is 11.4. The molecule has 3 rings (SSSR count). The van der Waals surface area contributed by atoms with Crippen LogP contribution in [0.1, 0.15) is 5.56 Å². The number of aromatic nitrogens is 4. The van der Waals surface area contributed by atoms with E-state index in [1.54, 1.807) is 0 Å². The van der Waals surface area contributed by atoms with Crippen molar-refractivity contribution in [2.75, 3.05) is 17.7 Å². The molecule has 0 bridgehead atoms. The molecule has 2 heterocycles. The number of halogens is 4. The van der Waals surface area contributed by atoms with Gasteiger partial charge in [0.25, 0.3) is 0 Å². The van der Waals surface area contributed by atoms with E-state index in [2.05, 4.69) is 25.7 Å². The van der Waals surface area contributed by atoms with Crippen LogP contribution in [0.3, 0.4) is 0 Å². The van der Waals surface area contributed by atoms with Crippen molar-refractivity contribution in [2.24, 2.45) is 0 Å². The molecule has 3 aromatic rings. The zero-order valence-electron chi connectivity index (χ0n) is 13.3. The number of anilines is 3. The highest BCUT2D eigenvalue weighted by Gasteiger charge is 2.35. The van der Waals surface area contributed by atoms with Crippen molar-refractivity contribution in [3.05, 3.63) is 35.9 Å². The number of fused-ring (bicyclic) bond motifs is 1. The third-order valence-electron chi connectivity index (χ3n) is 3.53. The van der Waals surface area contributed by atoms with Gasteiger partial charge in [-0.2, -0.15) is 28.5 Å². The van der Waals surface area contributed by atoms with Gasteiger partial charge in [0.05, 0.1) is 23.5 Å². The number of nitrogens with one attached hydrogen (secondary N) is 2. The molecule has 134 valence electrons. The second-order valence-corrected chi connectivity index (χ2v) is 5.18. The Balaban J connectivity index is 2.03. The van der Waals surface area contributed by atoms with E-state index in [1.807, 2.05) is 6.07 Å². The zero-order chi connectivity index (χ0) is 18.9. The SMILES string of the molecule is CNc1nc(Nc2cc(F)cc3c2cnn3CC#N)ncc1C(F)(F)F.